The summed E-state index contributed by atoms with van der Waals surface area (Å²) in [6, 6.07) is 21.1. The van der Waals surface area contributed by atoms with Crippen molar-refractivity contribution in [2.45, 2.75) is 70.4 Å². The van der Waals surface area contributed by atoms with E-state index in [0.29, 0.717) is 12.8 Å². The summed E-state index contributed by atoms with van der Waals surface area (Å²) in [6.45, 7) is 5.24. The minimum atomic E-state index is -0.174. The van der Waals surface area contributed by atoms with Crippen molar-refractivity contribution in [1.82, 2.24) is 4.57 Å². The molecule has 4 heteroatoms. The van der Waals surface area contributed by atoms with Crippen LogP contribution in [0.2, 0.25) is 0 Å². The number of hydrogen-bond donors (Lipinski definition) is 0. The Morgan fingerprint density at radius 2 is 1.67 bits per heavy atom. The fraction of sp³-hybridized carbons (Fsp3) is 0.344. The molecule has 186 valence electrons. The Labute approximate surface area is 213 Å². The number of allylic oxidation sites excluding steroid dienone is 4. The second-order valence-electron chi connectivity index (χ2n) is 10.1. The first-order valence-electron chi connectivity index (χ1n) is 13.1. The van der Waals surface area contributed by atoms with Gasteiger partial charge in [-0.2, -0.15) is 0 Å². The molecule has 2 aromatic carbocycles. The average Bonchev–Trinajstić information content (AvgIpc) is 3.24. The first kappa shape index (κ1) is 24.3. The molecule has 2 unspecified atom stereocenters. The fourth-order valence-electron chi connectivity index (χ4n) is 5.73. The molecule has 0 spiro atoms. The van der Waals surface area contributed by atoms with Gasteiger partial charge in [0.05, 0.1) is 0 Å². The molecular formula is C32H34FNO2. The summed E-state index contributed by atoms with van der Waals surface area (Å²) in [5.74, 6) is 0.0645. The predicted octanol–water partition coefficient (Wildman–Crippen LogP) is 8.33. The maximum Gasteiger partial charge on any atom is 0.306 e. The van der Waals surface area contributed by atoms with Crippen LogP contribution in [0.5, 0.6) is 0 Å². The molecule has 0 radical (unpaired) electrons. The Kier molecular flexibility index (Phi) is 7.22. The van der Waals surface area contributed by atoms with Gasteiger partial charge >= 0.3 is 5.97 Å². The SMILES string of the molecule is CC(C)c1c(-c2ccccc2)c(-c2ccccc2)c(C2C=CC(F)=CC2)n1CCC1CCCC(=O)O1. The molecule has 1 fully saturated rings. The summed E-state index contributed by atoms with van der Waals surface area (Å²) in [7, 11) is 0. The third-order valence-corrected chi connectivity index (χ3v) is 7.30. The van der Waals surface area contributed by atoms with Crippen molar-refractivity contribution in [2.24, 2.45) is 0 Å². The lowest BCUT2D eigenvalue weighted by Crippen LogP contribution is -2.25. The maximum absolute atomic E-state index is 14.0. The zero-order valence-corrected chi connectivity index (χ0v) is 21.1. The fourth-order valence-corrected chi connectivity index (χ4v) is 5.73. The van der Waals surface area contributed by atoms with Crippen LogP contribution in [0.1, 0.15) is 69.2 Å². The van der Waals surface area contributed by atoms with E-state index in [0.717, 1.165) is 25.8 Å². The third kappa shape index (κ3) is 4.95. The summed E-state index contributed by atoms with van der Waals surface area (Å²) in [5, 5.41) is 0. The van der Waals surface area contributed by atoms with Crippen LogP contribution in [0.25, 0.3) is 22.3 Å². The minimum absolute atomic E-state index is 0.0545. The van der Waals surface area contributed by atoms with E-state index in [1.165, 1.54) is 33.6 Å². The van der Waals surface area contributed by atoms with Gasteiger partial charge < -0.3 is 9.30 Å². The van der Waals surface area contributed by atoms with Crippen molar-refractivity contribution in [3.05, 3.63) is 96.1 Å². The van der Waals surface area contributed by atoms with Crippen LogP contribution in [-0.2, 0) is 16.1 Å². The molecule has 1 aromatic heterocycles. The highest BCUT2D eigenvalue weighted by atomic mass is 19.1. The highest BCUT2D eigenvalue weighted by Crippen LogP contribution is 2.47. The van der Waals surface area contributed by atoms with Gasteiger partial charge in [-0.15, -0.1) is 0 Å². The predicted molar refractivity (Wildman–Crippen MR) is 143 cm³/mol. The third-order valence-electron chi connectivity index (χ3n) is 7.30. The highest BCUT2D eigenvalue weighted by Gasteiger charge is 2.31. The number of aromatic nitrogens is 1. The Balaban J connectivity index is 1.72. The molecule has 2 heterocycles. The van der Waals surface area contributed by atoms with Crippen molar-refractivity contribution in [2.75, 3.05) is 0 Å². The number of carbonyl (C=O) groups excluding carboxylic acids is 1. The van der Waals surface area contributed by atoms with Gasteiger partial charge in [-0.3, -0.25) is 4.79 Å². The van der Waals surface area contributed by atoms with Crippen molar-refractivity contribution in [3.63, 3.8) is 0 Å². The van der Waals surface area contributed by atoms with Gasteiger partial charge in [-0.1, -0.05) is 80.6 Å². The molecule has 0 bridgehead atoms. The van der Waals surface area contributed by atoms with Gasteiger partial charge in [0.1, 0.15) is 11.9 Å². The zero-order valence-electron chi connectivity index (χ0n) is 21.1. The number of ether oxygens (including phenoxy) is 1. The number of carbonyl (C=O) groups is 1. The van der Waals surface area contributed by atoms with Gasteiger partial charge in [0, 0.05) is 47.8 Å². The normalized spacial score (nSPS) is 19.9. The second-order valence-corrected chi connectivity index (χ2v) is 10.1. The molecule has 2 aliphatic rings. The Bertz CT molecular complexity index is 1270. The molecule has 36 heavy (non-hydrogen) atoms. The molecule has 5 rings (SSSR count). The van der Waals surface area contributed by atoms with E-state index in [1.54, 1.807) is 12.2 Å². The number of esters is 1. The van der Waals surface area contributed by atoms with E-state index in [9.17, 15) is 9.18 Å². The minimum Gasteiger partial charge on any atom is -0.462 e. The lowest BCUT2D eigenvalue weighted by atomic mass is 9.87. The van der Waals surface area contributed by atoms with Crippen LogP contribution >= 0.6 is 0 Å². The number of halogens is 1. The number of nitrogens with zero attached hydrogens (tertiary/aromatic N) is 1. The van der Waals surface area contributed by atoms with E-state index in [1.807, 2.05) is 18.2 Å². The molecule has 0 N–H and O–H groups in total. The number of rotatable bonds is 7. The molecule has 1 aliphatic carbocycles. The maximum atomic E-state index is 14.0. The molecule has 2 atom stereocenters. The summed E-state index contributed by atoms with van der Waals surface area (Å²) in [4.78, 5) is 12.0. The van der Waals surface area contributed by atoms with Crippen LogP contribution < -0.4 is 0 Å². The van der Waals surface area contributed by atoms with Crippen LogP contribution in [0.3, 0.4) is 0 Å². The standard InChI is InChI=1S/C32H34FNO2/c1-22(2)31-29(23-10-5-3-6-11-23)30(24-12-7-4-8-13-24)32(25-16-18-26(33)19-17-25)34(31)21-20-27-14-9-15-28(35)36-27/h3-8,10-13,16,18-19,22,25,27H,9,14-15,17,20-21H2,1-2H3. The first-order chi connectivity index (χ1) is 17.5. The second kappa shape index (κ2) is 10.7. The van der Waals surface area contributed by atoms with E-state index in [2.05, 4.69) is 66.9 Å². The molecule has 3 nitrogen and oxygen atoms in total. The lowest BCUT2D eigenvalue weighted by molar-refractivity contribution is -0.154. The van der Waals surface area contributed by atoms with Gasteiger partial charge in [0.25, 0.3) is 0 Å². The Morgan fingerprint density at radius 3 is 2.25 bits per heavy atom. The van der Waals surface area contributed by atoms with Crippen LogP contribution in [-0.4, -0.2) is 16.6 Å². The quantitative estimate of drug-likeness (QED) is 0.316. The number of benzene rings is 2. The molecule has 0 amide bonds. The lowest BCUT2D eigenvalue weighted by Gasteiger charge is -2.26. The van der Waals surface area contributed by atoms with Crippen LogP contribution in [0, 0.1) is 0 Å². The summed E-state index contributed by atoms with van der Waals surface area (Å²) < 4.78 is 22.2. The Morgan fingerprint density at radius 1 is 1.00 bits per heavy atom. The summed E-state index contributed by atoms with van der Waals surface area (Å²) in [5.41, 5.74) is 7.31. The smallest absolute Gasteiger partial charge is 0.306 e. The first-order valence-corrected chi connectivity index (χ1v) is 13.1. The van der Waals surface area contributed by atoms with E-state index in [4.69, 9.17) is 4.74 Å². The molecule has 0 saturated carbocycles. The van der Waals surface area contributed by atoms with Gasteiger partial charge in [0.15, 0.2) is 0 Å². The van der Waals surface area contributed by atoms with Gasteiger partial charge in [0.2, 0.25) is 0 Å². The van der Waals surface area contributed by atoms with E-state index < -0.39 is 0 Å². The Hall–Kier alpha value is -3.40. The summed E-state index contributed by atoms with van der Waals surface area (Å²) >= 11 is 0. The largest absolute Gasteiger partial charge is 0.462 e. The number of cyclic esters (lactones) is 1. The highest BCUT2D eigenvalue weighted by molar-refractivity contribution is 5.89. The van der Waals surface area contributed by atoms with Gasteiger partial charge in [-0.05, 0) is 48.5 Å². The topological polar surface area (TPSA) is 31.2 Å². The average molecular weight is 484 g/mol. The van der Waals surface area contributed by atoms with E-state index in [-0.39, 0.29) is 29.7 Å². The molecule has 1 saturated heterocycles. The monoisotopic (exact) mass is 483 g/mol. The van der Waals surface area contributed by atoms with E-state index >= 15 is 0 Å². The van der Waals surface area contributed by atoms with Gasteiger partial charge in [-0.25, -0.2) is 4.39 Å². The summed E-state index contributed by atoms with van der Waals surface area (Å²) in [6.07, 6.45) is 8.95. The van der Waals surface area contributed by atoms with Crippen molar-refractivity contribution in [1.29, 1.82) is 0 Å². The molecule has 3 aromatic rings. The van der Waals surface area contributed by atoms with Crippen molar-refractivity contribution >= 4 is 5.97 Å². The number of hydrogen-bond acceptors (Lipinski definition) is 2. The van der Waals surface area contributed by atoms with Crippen LogP contribution in [0.4, 0.5) is 4.39 Å². The van der Waals surface area contributed by atoms with Crippen molar-refractivity contribution in [3.8, 4) is 22.3 Å². The molecular weight excluding hydrogens is 449 g/mol. The van der Waals surface area contributed by atoms with Crippen LogP contribution in [0.15, 0.2) is 84.7 Å². The molecule has 1 aliphatic heterocycles. The van der Waals surface area contributed by atoms with Crippen molar-refractivity contribution < 1.29 is 13.9 Å². The zero-order chi connectivity index (χ0) is 25.1.